The van der Waals surface area contributed by atoms with Crippen molar-refractivity contribution in [1.82, 2.24) is 26.3 Å². The first-order chi connectivity index (χ1) is 19.4. The second kappa shape index (κ2) is 14.1. The van der Waals surface area contributed by atoms with Gasteiger partial charge in [-0.25, -0.2) is 0 Å². The summed E-state index contributed by atoms with van der Waals surface area (Å²) < 4.78 is 6.03. The lowest BCUT2D eigenvalue weighted by Gasteiger charge is -2.33. The van der Waals surface area contributed by atoms with E-state index in [0.717, 1.165) is 29.7 Å². The average Bonchev–Trinajstić information content (AvgIpc) is 3.42. The van der Waals surface area contributed by atoms with Gasteiger partial charge in [-0.1, -0.05) is 63.1 Å². The molecule has 3 amide bonds. The average molecular weight is 548 g/mol. The van der Waals surface area contributed by atoms with Crippen LogP contribution in [0, 0.1) is 5.92 Å². The molecule has 2 heterocycles. The molecule has 1 aromatic heterocycles. The molecule has 1 saturated carbocycles. The van der Waals surface area contributed by atoms with E-state index in [-0.39, 0.29) is 36.6 Å². The van der Waals surface area contributed by atoms with Gasteiger partial charge in [0.1, 0.15) is 23.9 Å². The molecule has 4 rings (SSSR count). The molecule has 1 aromatic carbocycles. The summed E-state index contributed by atoms with van der Waals surface area (Å²) >= 11 is 0. The highest BCUT2D eigenvalue weighted by atomic mass is 16.5. The van der Waals surface area contributed by atoms with Crippen molar-refractivity contribution in [3.63, 3.8) is 0 Å². The molecule has 9 heteroatoms. The Kier molecular flexibility index (Phi) is 10.3. The summed E-state index contributed by atoms with van der Waals surface area (Å²) in [5, 5.41) is 12.4. The fraction of sp³-hybridized carbons (Fsp3) is 0.484. The monoisotopic (exact) mass is 547 g/mol. The summed E-state index contributed by atoms with van der Waals surface area (Å²) in [4.78, 5) is 44.9. The van der Waals surface area contributed by atoms with E-state index >= 15 is 0 Å². The number of hydrogen-bond acceptors (Lipinski definition) is 6. The van der Waals surface area contributed by atoms with Crippen molar-refractivity contribution in [2.24, 2.45) is 5.92 Å². The number of nitrogens with one attached hydrogen (secondary N) is 4. The van der Waals surface area contributed by atoms with Crippen molar-refractivity contribution >= 4 is 23.8 Å². The van der Waals surface area contributed by atoms with Crippen molar-refractivity contribution in [3.8, 4) is 5.75 Å². The summed E-state index contributed by atoms with van der Waals surface area (Å²) in [6.45, 7) is 5.28. The van der Waals surface area contributed by atoms with Gasteiger partial charge in [-0.15, -0.1) is 0 Å². The van der Waals surface area contributed by atoms with Gasteiger partial charge >= 0.3 is 0 Å². The lowest BCUT2D eigenvalue weighted by molar-refractivity contribution is -0.136. The minimum Gasteiger partial charge on any atom is -0.492 e. The summed E-state index contributed by atoms with van der Waals surface area (Å²) in [7, 11) is 0. The van der Waals surface area contributed by atoms with Crippen LogP contribution in [0.25, 0.3) is 6.08 Å². The summed E-state index contributed by atoms with van der Waals surface area (Å²) in [5.41, 5.74) is 0.664. The van der Waals surface area contributed by atoms with E-state index in [1.165, 1.54) is 0 Å². The van der Waals surface area contributed by atoms with E-state index in [0.29, 0.717) is 32.4 Å². The molecule has 4 N–H and O–H groups in total. The van der Waals surface area contributed by atoms with Crippen molar-refractivity contribution in [1.29, 1.82) is 0 Å². The molecule has 2 aliphatic rings. The van der Waals surface area contributed by atoms with Gasteiger partial charge in [0.2, 0.25) is 17.7 Å². The first-order valence-electron chi connectivity index (χ1n) is 14.3. The van der Waals surface area contributed by atoms with Crippen LogP contribution in [0.15, 0.2) is 54.9 Å². The Labute approximate surface area is 236 Å². The number of para-hydroxylation sites is 1. The fourth-order valence-electron chi connectivity index (χ4n) is 5.34. The van der Waals surface area contributed by atoms with Crippen LogP contribution in [-0.2, 0) is 20.8 Å². The first-order valence-corrected chi connectivity index (χ1v) is 14.3. The third-order valence-electron chi connectivity index (χ3n) is 7.42. The van der Waals surface area contributed by atoms with Crippen LogP contribution in [0.4, 0.5) is 0 Å². The van der Waals surface area contributed by atoms with Crippen LogP contribution in [0.5, 0.6) is 5.75 Å². The molecule has 2 atom stereocenters. The minimum atomic E-state index is -1.05. The number of carbonyl (C=O) groups excluding carboxylic acids is 3. The van der Waals surface area contributed by atoms with Gasteiger partial charge in [0.15, 0.2) is 0 Å². The third-order valence-corrected chi connectivity index (χ3v) is 7.42. The maximum absolute atomic E-state index is 13.8. The number of ether oxygens (including phenoxy) is 1. The quantitative estimate of drug-likeness (QED) is 0.467. The Morgan fingerprint density at radius 3 is 2.58 bits per heavy atom. The Hall–Kier alpha value is -3.72. The van der Waals surface area contributed by atoms with Crippen molar-refractivity contribution in [3.05, 3.63) is 66.0 Å². The van der Waals surface area contributed by atoms with Gasteiger partial charge in [0.05, 0.1) is 6.04 Å². The Morgan fingerprint density at radius 2 is 1.82 bits per heavy atom. The lowest BCUT2D eigenvalue weighted by atomic mass is 9.93. The normalized spacial score (nSPS) is 23.2. The van der Waals surface area contributed by atoms with Crippen LogP contribution in [-0.4, -0.2) is 60.0 Å². The Bertz CT molecular complexity index is 1180. The van der Waals surface area contributed by atoms with Gasteiger partial charge in [0.25, 0.3) is 0 Å². The van der Waals surface area contributed by atoms with Crippen molar-refractivity contribution in [2.45, 2.75) is 70.0 Å². The highest BCUT2D eigenvalue weighted by Gasteiger charge is 2.44. The molecule has 2 unspecified atom stereocenters. The van der Waals surface area contributed by atoms with Gasteiger partial charge < -0.3 is 26.0 Å². The van der Waals surface area contributed by atoms with Crippen molar-refractivity contribution in [2.75, 3.05) is 19.7 Å². The number of hydrogen-bond donors (Lipinski definition) is 4. The maximum Gasteiger partial charge on any atom is 0.246 e. The predicted molar refractivity (Wildman–Crippen MR) is 154 cm³/mol. The largest absolute Gasteiger partial charge is 0.492 e. The zero-order chi connectivity index (χ0) is 28.4. The molecule has 1 fully saturated rings. The SMILES string of the molecule is CC(C)CC1NCCOc2ccccc2/C=C\CNC(=O)C(Cc2cccnc2)NC(=O)C2(CCCC2)NC1=O. The molecular weight excluding hydrogens is 506 g/mol. The zero-order valence-electron chi connectivity index (χ0n) is 23.4. The van der Waals surface area contributed by atoms with Crippen LogP contribution < -0.4 is 26.0 Å². The Balaban J connectivity index is 1.62. The lowest BCUT2D eigenvalue weighted by Crippen LogP contribution is -2.63. The molecular formula is C31H41N5O4. The summed E-state index contributed by atoms with van der Waals surface area (Å²) in [6.07, 6.45) is 10.8. The molecule has 0 saturated heterocycles. The number of aromatic nitrogens is 1. The molecule has 1 aliphatic heterocycles. The fourth-order valence-corrected chi connectivity index (χ4v) is 5.34. The van der Waals surface area contributed by atoms with E-state index in [1.807, 2.05) is 42.5 Å². The maximum atomic E-state index is 13.8. The van der Waals surface area contributed by atoms with Gasteiger partial charge in [-0.2, -0.15) is 0 Å². The molecule has 214 valence electrons. The number of rotatable bonds is 4. The molecule has 0 radical (unpaired) electrons. The first kappa shape index (κ1) is 29.3. The van der Waals surface area contributed by atoms with Crippen molar-refractivity contribution < 1.29 is 19.1 Å². The standard InChI is InChI=1S/C31H41N5O4/c1-22(2)19-25-29(38)36-31(13-5-6-14-31)30(39)35-26(20-23-9-7-15-32-21-23)28(37)34-16-8-11-24-10-3-4-12-27(24)40-18-17-33-25/h3-4,7-12,15,21-22,25-26,33H,5-6,13-14,16-20H2,1-2H3,(H,34,37)(H,35,39)(H,36,38)/b11-8-. The topological polar surface area (TPSA) is 121 Å². The number of nitrogens with zero attached hydrogens (tertiary/aromatic N) is 1. The smallest absolute Gasteiger partial charge is 0.246 e. The number of benzene rings is 1. The molecule has 1 spiro atoms. The molecule has 0 bridgehead atoms. The molecule has 2 aromatic rings. The number of carbonyl (C=O) groups is 3. The third kappa shape index (κ3) is 7.91. The van der Waals surface area contributed by atoms with E-state index in [9.17, 15) is 14.4 Å². The second-order valence-electron chi connectivity index (χ2n) is 11.0. The van der Waals surface area contributed by atoms with E-state index in [4.69, 9.17) is 4.74 Å². The highest BCUT2D eigenvalue weighted by molar-refractivity contribution is 5.96. The number of amides is 3. The number of pyridine rings is 1. The van der Waals surface area contributed by atoms with Crippen LogP contribution in [0.1, 0.15) is 57.1 Å². The predicted octanol–water partition coefficient (Wildman–Crippen LogP) is 2.76. The molecule has 9 nitrogen and oxygen atoms in total. The van der Waals surface area contributed by atoms with Gasteiger partial charge in [-0.05, 0) is 42.9 Å². The van der Waals surface area contributed by atoms with Gasteiger partial charge in [0, 0.05) is 37.5 Å². The zero-order valence-corrected chi connectivity index (χ0v) is 23.4. The van der Waals surface area contributed by atoms with E-state index in [2.05, 4.69) is 40.1 Å². The minimum absolute atomic E-state index is 0.205. The van der Waals surface area contributed by atoms with E-state index in [1.54, 1.807) is 18.5 Å². The summed E-state index contributed by atoms with van der Waals surface area (Å²) in [5.74, 6) is 0.174. The number of fused-ring (bicyclic) bond motifs is 1. The second-order valence-corrected chi connectivity index (χ2v) is 11.0. The Morgan fingerprint density at radius 1 is 1.02 bits per heavy atom. The highest BCUT2D eigenvalue weighted by Crippen LogP contribution is 2.30. The van der Waals surface area contributed by atoms with E-state index < -0.39 is 17.6 Å². The molecule has 1 aliphatic carbocycles. The van der Waals surface area contributed by atoms with Crippen LogP contribution in [0.2, 0.25) is 0 Å². The van der Waals surface area contributed by atoms with Crippen LogP contribution in [0.3, 0.4) is 0 Å². The molecule has 40 heavy (non-hydrogen) atoms. The van der Waals surface area contributed by atoms with Crippen LogP contribution >= 0.6 is 0 Å². The summed E-state index contributed by atoms with van der Waals surface area (Å²) in [6, 6.07) is 10.1. The van der Waals surface area contributed by atoms with Gasteiger partial charge in [-0.3, -0.25) is 19.4 Å².